The number of hydrogen-bond acceptors (Lipinski definition) is 4. The quantitative estimate of drug-likeness (QED) is 0.771. The average Bonchev–Trinajstić information content (AvgIpc) is 2.31. The van der Waals surface area contributed by atoms with E-state index in [1.165, 1.54) is 19.3 Å². The summed E-state index contributed by atoms with van der Waals surface area (Å²) in [6.45, 7) is 7.27. The van der Waals surface area contributed by atoms with Gasteiger partial charge in [-0.1, -0.05) is 19.8 Å². The first-order valence-electron chi connectivity index (χ1n) is 6.34. The van der Waals surface area contributed by atoms with Gasteiger partial charge in [-0.3, -0.25) is 0 Å². The van der Waals surface area contributed by atoms with Gasteiger partial charge in [0.05, 0.1) is 0 Å². The molecule has 96 valence electrons. The van der Waals surface area contributed by atoms with Crippen LogP contribution in [0.5, 0.6) is 0 Å². The first kappa shape index (κ1) is 13.7. The lowest BCUT2D eigenvalue weighted by Crippen LogP contribution is -2.22. The normalized spacial score (nSPS) is 10.4. The van der Waals surface area contributed by atoms with E-state index in [4.69, 9.17) is 0 Å². The highest BCUT2D eigenvalue weighted by Crippen LogP contribution is 2.22. The molecular weight excluding hydrogens is 212 g/mol. The summed E-state index contributed by atoms with van der Waals surface area (Å²) in [5.41, 5.74) is 1.12. The predicted molar refractivity (Wildman–Crippen MR) is 73.8 cm³/mol. The van der Waals surface area contributed by atoms with E-state index < -0.39 is 0 Å². The highest BCUT2D eigenvalue weighted by Gasteiger charge is 2.11. The molecule has 0 amide bonds. The first-order chi connectivity index (χ1) is 8.10. The van der Waals surface area contributed by atoms with Gasteiger partial charge < -0.3 is 10.2 Å². The zero-order chi connectivity index (χ0) is 12.8. The number of hydrogen-bond donors (Lipinski definition) is 1. The summed E-state index contributed by atoms with van der Waals surface area (Å²) in [5.74, 6) is 2.78. The highest BCUT2D eigenvalue weighted by atomic mass is 15.2. The Kier molecular flexibility index (Phi) is 5.19. The monoisotopic (exact) mass is 236 g/mol. The molecule has 0 aliphatic heterocycles. The van der Waals surface area contributed by atoms with Crippen molar-refractivity contribution in [1.29, 1.82) is 0 Å². The van der Waals surface area contributed by atoms with E-state index in [0.29, 0.717) is 0 Å². The molecule has 0 fully saturated rings. The summed E-state index contributed by atoms with van der Waals surface area (Å²) in [6.07, 6.45) is 3.73. The second kappa shape index (κ2) is 6.42. The minimum Gasteiger partial charge on any atom is -0.373 e. The van der Waals surface area contributed by atoms with E-state index in [9.17, 15) is 0 Å². The molecule has 0 spiro atoms. The van der Waals surface area contributed by atoms with Gasteiger partial charge in [0, 0.05) is 26.2 Å². The van der Waals surface area contributed by atoms with Gasteiger partial charge in [0.2, 0.25) is 0 Å². The molecule has 0 aliphatic carbocycles. The number of unbranched alkanes of at least 4 members (excludes halogenated alkanes) is 2. The minimum absolute atomic E-state index is 0.817. The smallest absolute Gasteiger partial charge is 0.137 e. The third-order valence-electron chi connectivity index (χ3n) is 2.93. The van der Waals surface area contributed by atoms with Gasteiger partial charge in [-0.05, 0) is 20.3 Å². The molecule has 1 rings (SSSR count). The van der Waals surface area contributed by atoms with Gasteiger partial charge in [-0.15, -0.1) is 0 Å². The highest BCUT2D eigenvalue weighted by molar-refractivity contribution is 5.57. The minimum atomic E-state index is 0.817. The van der Waals surface area contributed by atoms with Gasteiger partial charge in [0.1, 0.15) is 17.5 Å². The van der Waals surface area contributed by atoms with Crippen molar-refractivity contribution < 1.29 is 0 Å². The van der Waals surface area contributed by atoms with E-state index in [2.05, 4.69) is 41.1 Å². The first-order valence-corrected chi connectivity index (χ1v) is 6.34. The second-order valence-electron chi connectivity index (χ2n) is 4.45. The van der Waals surface area contributed by atoms with Crippen molar-refractivity contribution in [3.63, 3.8) is 0 Å². The Bertz CT molecular complexity index is 363. The molecule has 1 heterocycles. The molecule has 0 aliphatic rings. The molecule has 0 saturated heterocycles. The fourth-order valence-corrected chi connectivity index (χ4v) is 1.93. The lowest BCUT2D eigenvalue weighted by Gasteiger charge is -2.21. The molecule has 0 radical (unpaired) electrons. The second-order valence-corrected chi connectivity index (χ2v) is 4.45. The lowest BCUT2D eigenvalue weighted by molar-refractivity contribution is 0.699. The predicted octanol–water partition coefficient (Wildman–Crippen LogP) is 2.76. The number of anilines is 2. The van der Waals surface area contributed by atoms with Crippen LogP contribution in [0.15, 0.2) is 0 Å². The molecule has 1 aromatic heterocycles. The Balaban J connectivity index is 2.84. The molecule has 0 bridgehead atoms. The Morgan fingerprint density at radius 1 is 1.18 bits per heavy atom. The summed E-state index contributed by atoms with van der Waals surface area (Å²) < 4.78 is 0. The van der Waals surface area contributed by atoms with E-state index >= 15 is 0 Å². The van der Waals surface area contributed by atoms with Crippen LogP contribution in [-0.4, -0.2) is 30.6 Å². The van der Waals surface area contributed by atoms with Crippen LogP contribution in [0.3, 0.4) is 0 Å². The molecule has 0 saturated carbocycles. The fraction of sp³-hybridized carbons (Fsp3) is 0.692. The van der Waals surface area contributed by atoms with E-state index in [1.54, 1.807) is 0 Å². The molecule has 17 heavy (non-hydrogen) atoms. The zero-order valence-corrected chi connectivity index (χ0v) is 11.7. The van der Waals surface area contributed by atoms with Gasteiger partial charge in [0.25, 0.3) is 0 Å². The van der Waals surface area contributed by atoms with Crippen molar-refractivity contribution >= 4 is 11.6 Å². The third kappa shape index (κ3) is 3.58. The maximum absolute atomic E-state index is 4.53. The van der Waals surface area contributed by atoms with Crippen LogP contribution in [0, 0.1) is 13.8 Å². The van der Waals surface area contributed by atoms with Crippen molar-refractivity contribution in [1.82, 2.24) is 9.97 Å². The maximum Gasteiger partial charge on any atom is 0.137 e. The van der Waals surface area contributed by atoms with E-state index in [0.717, 1.165) is 29.6 Å². The number of aryl methyl sites for hydroxylation is 1. The topological polar surface area (TPSA) is 41.1 Å². The molecule has 4 nitrogen and oxygen atoms in total. The summed E-state index contributed by atoms with van der Waals surface area (Å²) in [7, 11) is 4.00. The van der Waals surface area contributed by atoms with Gasteiger partial charge in [0.15, 0.2) is 0 Å². The van der Waals surface area contributed by atoms with Crippen LogP contribution in [0.25, 0.3) is 0 Å². The van der Waals surface area contributed by atoms with Crippen LogP contribution < -0.4 is 10.2 Å². The molecule has 0 atom stereocenters. The van der Waals surface area contributed by atoms with Crippen LogP contribution in [0.2, 0.25) is 0 Å². The molecule has 4 heteroatoms. The van der Waals surface area contributed by atoms with E-state index in [-0.39, 0.29) is 0 Å². The van der Waals surface area contributed by atoms with Crippen LogP contribution in [0.1, 0.15) is 37.6 Å². The SMILES string of the molecule is CCCCCN(C)c1nc(C)nc(NC)c1C. The molecule has 0 unspecified atom stereocenters. The summed E-state index contributed by atoms with van der Waals surface area (Å²) in [4.78, 5) is 11.1. The molecule has 1 N–H and O–H groups in total. The number of aromatic nitrogens is 2. The van der Waals surface area contributed by atoms with Crippen LogP contribution in [-0.2, 0) is 0 Å². The van der Waals surface area contributed by atoms with Gasteiger partial charge >= 0.3 is 0 Å². The van der Waals surface area contributed by atoms with Gasteiger partial charge in [-0.2, -0.15) is 0 Å². The number of rotatable bonds is 6. The third-order valence-corrected chi connectivity index (χ3v) is 2.93. The Hall–Kier alpha value is -1.32. The van der Waals surface area contributed by atoms with Crippen LogP contribution >= 0.6 is 0 Å². The zero-order valence-electron chi connectivity index (χ0n) is 11.7. The maximum atomic E-state index is 4.53. The number of nitrogens with one attached hydrogen (secondary N) is 1. The summed E-state index contributed by atoms with van der Waals surface area (Å²) >= 11 is 0. The van der Waals surface area contributed by atoms with Crippen molar-refractivity contribution in [3.8, 4) is 0 Å². The average molecular weight is 236 g/mol. The standard InChI is InChI=1S/C13H24N4/c1-6-7-8-9-17(5)13-10(2)12(14-4)15-11(3)16-13/h6-9H2,1-5H3,(H,14,15,16). The number of nitrogens with zero attached hydrogens (tertiary/aromatic N) is 3. The van der Waals surface area contributed by atoms with Crippen molar-refractivity contribution in [2.75, 3.05) is 30.9 Å². The summed E-state index contributed by atoms with van der Waals surface area (Å²) in [6, 6.07) is 0. The van der Waals surface area contributed by atoms with Gasteiger partial charge in [-0.25, -0.2) is 9.97 Å². The largest absolute Gasteiger partial charge is 0.373 e. The Morgan fingerprint density at radius 3 is 2.47 bits per heavy atom. The van der Waals surface area contributed by atoms with Crippen molar-refractivity contribution in [2.45, 2.75) is 40.0 Å². The Morgan fingerprint density at radius 2 is 1.88 bits per heavy atom. The Labute approximate surface area is 104 Å². The molecule has 1 aromatic rings. The molecular formula is C13H24N4. The van der Waals surface area contributed by atoms with Crippen LogP contribution in [0.4, 0.5) is 11.6 Å². The summed E-state index contributed by atoms with van der Waals surface area (Å²) in [5, 5.41) is 3.12. The van der Waals surface area contributed by atoms with Crippen molar-refractivity contribution in [3.05, 3.63) is 11.4 Å². The molecule has 0 aromatic carbocycles. The lowest BCUT2D eigenvalue weighted by atomic mass is 10.2. The van der Waals surface area contributed by atoms with E-state index in [1.807, 2.05) is 14.0 Å². The van der Waals surface area contributed by atoms with Crippen molar-refractivity contribution in [2.24, 2.45) is 0 Å². The fourth-order valence-electron chi connectivity index (χ4n) is 1.93.